The van der Waals surface area contributed by atoms with Crippen LogP contribution in [0, 0.1) is 28.2 Å². The summed E-state index contributed by atoms with van der Waals surface area (Å²) in [5.41, 5.74) is -1.48. The number of likely N-dealkylation sites (N-methyl/N-ethyl adjacent to an activating group) is 7. The Labute approximate surface area is 606 Å². The molecule has 101 heavy (non-hydrogen) atoms. The third-order valence-corrected chi connectivity index (χ3v) is 19.8. The van der Waals surface area contributed by atoms with Gasteiger partial charge in [-0.25, -0.2) is 0 Å². The van der Waals surface area contributed by atoms with Crippen molar-refractivity contribution in [1.29, 1.82) is 0 Å². The lowest BCUT2D eigenvalue weighted by Crippen LogP contribution is -2.64. The van der Waals surface area contributed by atoms with Gasteiger partial charge in [-0.3, -0.25) is 57.5 Å². The molecule has 0 bridgehead atoms. The average Bonchev–Trinajstić information content (AvgIpc) is 0.804. The standard InChI is InChI=1S/C73H104F3IN12O12/c1-17-47(7)63-70(100)84(12)42-61(92)82(10)43-62(93)86(14)57(38-48-30-28-46(6)29-31-48)68(98)83(11)41-59(90)78-53(37-49-24-23-26-51(77)36-49)64(94)79-55(39-50-25-19-20-27-52(50)73(74,75)76)67(97)88(16)72(8,9)71(101)80-54(34-44(2)3)66(96)87(15)58(69(99)89-32-21-18-22-33-89)40-60(91)85(13)56(35-45(4)5)65(95)81-63/h19-20,23-31,36,44-45,47,53-58,63H,17-18,21-22,32-35,37-43H2,1-16H3,(H,78,90)(H,79,94)(H,80,101)(H,81,95)/t47-,53-,54-,55-,56-,57-,58-,63-/m0/s1. The van der Waals surface area contributed by atoms with Crippen LogP contribution in [-0.4, -0.2) is 240 Å². The highest BCUT2D eigenvalue weighted by atomic mass is 127. The predicted octanol–water partition coefficient (Wildman–Crippen LogP) is 5.23. The maximum absolute atomic E-state index is 15.3. The number of halogens is 4. The number of likely N-dealkylation sites (tertiary alicyclic amines) is 1. The summed E-state index contributed by atoms with van der Waals surface area (Å²) in [7, 11) is 9.29. The number of alkyl halides is 3. The van der Waals surface area contributed by atoms with E-state index in [0.717, 1.165) is 63.2 Å². The van der Waals surface area contributed by atoms with Gasteiger partial charge in [0.2, 0.25) is 70.9 Å². The van der Waals surface area contributed by atoms with Crippen molar-refractivity contribution in [3.8, 4) is 0 Å². The molecule has 8 atom stereocenters. The van der Waals surface area contributed by atoms with E-state index in [1.165, 1.54) is 74.1 Å². The van der Waals surface area contributed by atoms with Crippen LogP contribution in [0.5, 0.6) is 0 Å². The minimum absolute atomic E-state index is 0.0386. The molecule has 2 heterocycles. The number of piperidine rings is 1. The molecule has 556 valence electrons. The number of hydrogen-bond donors (Lipinski definition) is 4. The molecular formula is C73H104F3IN12O12. The molecule has 24 nitrogen and oxygen atoms in total. The number of carbonyl (C=O) groups is 12. The van der Waals surface area contributed by atoms with E-state index in [0.29, 0.717) is 43.5 Å². The highest BCUT2D eigenvalue weighted by molar-refractivity contribution is 14.1. The van der Waals surface area contributed by atoms with E-state index in [-0.39, 0.29) is 37.5 Å². The molecular weight excluding hydrogens is 1420 g/mol. The maximum Gasteiger partial charge on any atom is 0.416 e. The van der Waals surface area contributed by atoms with Gasteiger partial charge >= 0.3 is 6.18 Å². The van der Waals surface area contributed by atoms with Gasteiger partial charge in [-0.15, -0.1) is 0 Å². The second kappa shape index (κ2) is 37.1. The highest BCUT2D eigenvalue weighted by Crippen LogP contribution is 2.33. The largest absolute Gasteiger partial charge is 0.416 e. The Bertz CT molecular complexity index is 3460. The SMILES string of the molecule is CC[C@H](C)[C@@H]1NC(=O)[C@H](CC(C)C)N(C)C(=O)C[C@@H](C(=O)N2CCCCC2)N(C)C(=O)[C@H](CC(C)C)NC(=O)C(C)(C)N(C)C(=O)[C@H](Cc2ccccc2C(F)(F)F)NC(=O)[C@H](Cc2cccc(I)c2)NC(=O)CN(C)C(=O)[C@H](Cc2ccc(C)cc2)N(C)C(=O)CN(C)C(=O)CN(C)C1=O. The molecule has 4 N–H and O–H groups in total. The zero-order chi connectivity index (χ0) is 75.7. The van der Waals surface area contributed by atoms with Crippen molar-refractivity contribution in [1.82, 2.24) is 60.5 Å². The summed E-state index contributed by atoms with van der Waals surface area (Å²) < 4.78 is 45.3. The Morgan fingerprint density at radius 3 is 1.76 bits per heavy atom. The maximum atomic E-state index is 15.3. The van der Waals surface area contributed by atoms with Crippen molar-refractivity contribution in [3.63, 3.8) is 0 Å². The fourth-order valence-electron chi connectivity index (χ4n) is 12.2. The summed E-state index contributed by atoms with van der Waals surface area (Å²) in [6.07, 6.45) is -4.16. The minimum atomic E-state index is -4.94. The third kappa shape index (κ3) is 23.2. The Morgan fingerprint density at radius 1 is 0.574 bits per heavy atom. The number of nitrogens with one attached hydrogen (secondary N) is 4. The van der Waals surface area contributed by atoms with Crippen molar-refractivity contribution in [3.05, 3.63) is 104 Å². The summed E-state index contributed by atoms with van der Waals surface area (Å²) in [4.78, 5) is 187. The second-order valence-electron chi connectivity index (χ2n) is 28.4. The van der Waals surface area contributed by atoms with Gasteiger partial charge in [-0.2, -0.15) is 13.2 Å². The molecule has 2 aliphatic heterocycles. The molecule has 12 amide bonds. The van der Waals surface area contributed by atoms with Gasteiger partial charge in [0.1, 0.15) is 47.8 Å². The number of rotatable bonds is 13. The Kier molecular flexibility index (Phi) is 30.7. The molecule has 2 aliphatic rings. The van der Waals surface area contributed by atoms with E-state index in [4.69, 9.17) is 0 Å². The first kappa shape index (κ1) is 83.5. The van der Waals surface area contributed by atoms with Crippen LogP contribution >= 0.6 is 22.6 Å². The zero-order valence-electron chi connectivity index (χ0n) is 61.3. The average molecular weight is 1530 g/mol. The van der Waals surface area contributed by atoms with Crippen molar-refractivity contribution >= 4 is 93.5 Å². The van der Waals surface area contributed by atoms with Crippen LogP contribution in [0.1, 0.15) is 128 Å². The lowest BCUT2D eigenvalue weighted by Gasteiger charge is -2.39. The molecule has 0 aliphatic carbocycles. The summed E-state index contributed by atoms with van der Waals surface area (Å²) in [6.45, 7) is 14.1. The summed E-state index contributed by atoms with van der Waals surface area (Å²) in [5.74, 6) is -10.6. The number of nitrogens with zero attached hydrogens (tertiary/aromatic N) is 8. The fraction of sp³-hybridized carbons (Fsp3) is 0.589. The summed E-state index contributed by atoms with van der Waals surface area (Å²) in [5, 5.41) is 10.9. The van der Waals surface area contributed by atoms with E-state index < -0.39 is 174 Å². The van der Waals surface area contributed by atoms with Gasteiger partial charge in [-0.05, 0) is 128 Å². The lowest BCUT2D eigenvalue weighted by atomic mass is 9.94. The summed E-state index contributed by atoms with van der Waals surface area (Å²) >= 11 is 2.05. The molecule has 2 saturated heterocycles. The van der Waals surface area contributed by atoms with Crippen LogP contribution in [0.4, 0.5) is 13.2 Å². The first-order chi connectivity index (χ1) is 47.2. The van der Waals surface area contributed by atoms with E-state index in [9.17, 15) is 51.5 Å². The number of carbonyl (C=O) groups excluding carboxylic acids is 12. The molecule has 0 spiro atoms. The third-order valence-electron chi connectivity index (χ3n) is 19.1. The van der Waals surface area contributed by atoms with Crippen molar-refractivity contribution < 1.29 is 70.7 Å². The molecule has 3 aromatic rings. The van der Waals surface area contributed by atoms with Gasteiger partial charge in [0.05, 0.1) is 31.6 Å². The van der Waals surface area contributed by atoms with E-state index in [1.807, 2.05) is 39.8 Å². The Balaban J connectivity index is 1.68. The van der Waals surface area contributed by atoms with E-state index in [2.05, 4.69) is 43.9 Å². The highest BCUT2D eigenvalue weighted by Gasteiger charge is 2.45. The number of benzene rings is 3. The number of hydrogen-bond acceptors (Lipinski definition) is 12. The zero-order valence-corrected chi connectivity index (χ0v) is 63.5. The van der Waals surface area contributed by atoms with Gasteiger partial charge in [0.25, 0.3) is 0 Å². The van der Waals surface area contributed by atoms with Crippen molar-refractivity contribution in [2.45, 2.75) is 181 Å². The van der Waals surface area contributed by atoms with Gasteiger partial charge in [0.15, 0.2) is 0 Å². The van der Waals surface area contributed by atoms with E-state index >= 15 is 19.2 Å². The summed E-state index contributed by atoms with van der Waals surface area (Å²) in [6, 6.07) is 8.27. The van der Waals surface area contributed by atoms with Crippen LogP contribution in [0.3, 0.4) is 0 Å². The van der Waals surface area contributed by atoms with Crippen molar-refractivity contribution in [2.75, 3.05) is 82.1 Å². The molecule has 0 unspecified atom stereocenters. The molecule has 28 heteroatoms. The minimum Gasteiger partial charge on any atom is -0.342 e. The fourth-order valence-corrected chi connectivity index (χ4v) is 12.8. The molecule has 3 aromatic carbocycles. The van der Waals surface area contributed by atoms with Gasteiger partial charge < -0.3 is 60.5 Å². The monoisotopic (exact) mass is 1520 g/mol. The van der Waals surface area contributed by atoms with Crippen LogP contribution in [0.15, 0.2) is 72.8 Å². The molecule has 2 fully saturated rings. The van der Waals surface area contributed by atoms with Crippen molar-refractivity contribution in [2.24, 2.45) is 17.8 Å². The lowest BCUT2D eigenvalue weighted by molar-refractivity contribution is -0.152. The van der Waals surface area contributed by atoms with Gasteiger partial charge in [-0.1, -0.05) is 108 Å². The van der Waals surface area contributed by atoms with Crippen LogP contribution in [0.2, 0.25) is 0 Å². The first-order valence-electron chi connectivity index (χ1n) is 34.4. The molecule has 5 rings (SSSR count). The normalized spacial score (nSPS) is 23.3. The Morgan fingerprint density at radius 2 is 1.17 bits per heavy atom. The molecule has 0 radical (unpaired) electrons. The quantitative estimate of drug-likeness (QED) is 0.160. The van der Waals surface area contributed by atoms with E-state index in [1.54, 1.807) is 62.1 Å². The topological polar surface area (TPSA) is 279 Å². The van der Waals surface area contributed by atoms with Crippen LogP contribution < -0.4 is 21.3 Å². The van der Waals surface area contributed by atoms with Gasteiger partial charge in [0, 0.05) is 85.3 Å². The first-order valence-corrected chi connectivity index (χ1v) is 35.5. The number of aryl methyl sites for hydroxylation is 1. The number of amides is 12. The smallest absolute Gasteiger partial charge is 0.342 e. The van der Waals surface area contributed by atoms with Crippen LogP contribution in [-0.2, 0) is 83.0 Å². The second-order valence-corrected chi connectivity index (χ2v) is 29.7. The van der Waals surface area contributed by atoms with Crippen LogP contribution in [0.25, 0.3) is 0 Å². The predicted molar refractivity (Wildman–Crippen MR) is 383 cm³/mol. The Hall–Kier alpha value is -8.18. The molecule has 0 saturated carbocycles. The molecule has 0 aromatic heterocycles.